The molecule has 2 heterocycles. The summed E-state index contributed by atoms with van der Waals surface area (Å²) in [5, 5.41) is 19.0. The molecule has 5 nitrogen and oxygen atoms in total. The number of aliphatic hydroxyl groups is 1. The second-order valence-corrected chi connectivity index (χ2v) is 5.77. The lowest BCUT2D eigenvalue weighted by Gasteiger charge is -2.33. The Kier molecular flexibility index (Phi) is 9.02. The summed E-state index contributed by atoms with van der Waals surface area (Å²) in [4.78, 5) is 6.77. The van der Waals surface area contributed by atoms with Crippen LogP contribution in [0.25, 0.3) is 0 Å². The van der Waals surface area contributed by atoms with Gasteiger partial charge in [-0.25, -0.2) is 0 Å². The average molecular weight is 424 g/mol. The van der Waals surface area contributed by atoms with Crippen LogP contribution in [0.1, 0.15) is 19.8 Å². The molecular weight excluding hydrogens is 399 g/mol. The number of halogens is 1. The Balaban J connectivity index is 0.00000220. The van der Waals surface area contributed by atoms with E-state index in [0.717, 1.165) is 38.4 Å². The maximum absolute atomic E-state index is 8.86. The summed E-state index contributed by atoms with van der Waals surface area (Å²) >= 11 is 1.81. The van der Waals surface area contributed by atoms with E-state index in [4.69, 9.17) is 5.11 Å². The largest absolute Gasteiger partial charge is 0.394 e. The number of guanidine groups is 1. The molecule has 0 saturated carbocycles. The van der Waals surface area contributed by atoms with E-state index in [-0.39, 0.29) is 30.6 Å². The summed E-state index contributed by atoms with van der Waals surface area (Å²) in [5.74, 6) is 0.816. The highest BCUT2D eigenvalue weighted by molar-refractivity contribution is 14.0. The monoisotopic (exact) mass is 424 g/mol. The maximum Gasteiger partial charge on any atom is 0.191 e. The first-order valence-electron chi connectivity index (χ1n) is 7.27. The van der Waals surface area contributed by atoms with Crippen LogP contribution in [0.2, 0.25) is 0 Å². The highest BCUT2D eigenvalue weighted by Crippen LogP contribution is 2.24. The highest BCUT2D eigenvalue weighted by atomic mass is 127. The summed E-state index contributed by atoms with van der Waals surface area (Å²) in [5.41, 5.74) is 0. The van der Waals surface area contributed by atoms with Crippen molar-refractivity contribution in [3.63, 3.8) is 0 Å². The summed E-state index contributed by atoms with van der Waals surface area (Å²) < 4.78 is 0. The van der Waals surface area contributed by atoms with E-state index >= 15 is 0 Å². The maximum atomic E-state index is 8.86. The molecule has 1 aromatic heterocycles. The standard InChI is InChI=1S/C14H24N4OS.HI/c1-2-15-14(16-7-10-19)17-12-5-8-18(9-6-12)13-4-3-11-20-13;/h3-4,11-12,19H,2,5-10H2,1H3,(H2,15,16,17);1H. The zero-order chi connectivity index (χ0) is 14.2. The van der Waals surface area contributed by atoms with Gasteiger partial charge < -0.3 is 20.6 Å². The number of rotatable bonds is 5. The van der Waals surface area contributed by atoms with Gasteiger partial charge in [0.05, 0.1) is 18.2 Å². The molecule has 2 rings (SSSR count). The fraction of sp³-hybridized carbons (Fsp3) is 0.643. The molecule has 0 atom stereocenters. The number of aliphatic hydroxyl groups excluding tert-OH is 1. The Morgan fingerprint density at radius 2 is 2.24 bits per heavy atom. The third kappa shape index (κ3) is 5.99. The normalized spacial score (nSPS) is 16.5. The van der Waals surface area contributed by atoms with Gasteiger partial charge >= 0.3 is 0 Å². The van der Waals surface area contributed by atoms with Gasteiger partial charge in [0.2, 0.25) is 0 Å². The number of aliphatic imine (C=N–C) groups is 1. The number of hydrogen-bond donors (Lipinski definition) is 3. The van der Waals surface area contributed by atoms with Crippen molar-refractivity contribution < 1.29 is 5.11 Å². The second kappa shape index (κ2) is 10.2. The zero-order valence-electron chi connectivity index (χ0n) is 12.4. The molecule has 1 aliphatic heterocycles. The van der Waals surface area contributed by atoms with Gasteiger partial charge in [0, 0.05) is 25.7 Å². The number of thiophene rings is 1. The topological polar surface area (TPSA) is 59.9 Å². The molecule has 0 radical (unpaired) electrons. The van der Waals surface area contributed by atoms with Crippen molar-refractivity contribution in [3.8, 4) is 0 Å². The third-order valence-electron chi connectivity index (χ3n) is 3.37. The van der Waals surface area contributed by atoms with Crippen LogP contribution in [-0.2, 0) is 0 Å². The molecule has 1 fully saturated rings. The number of anilines is 1. The van der Waals surface area contributed by atoms with Crippen LogP contribution in [0.3, 0.4) is 0 Å². The van der Waals surface area contributed by atoms with Gasteiger partial charge in [-0.1, -0.05) is 0 Å². The van der Waals surface area contributed by atoms with Crippen molar-refractivity contribution in [1.29, 1.82) is 0 Å². The summed E-state index contributed by atoms with van der Waals surface area (Å²) in [6.45, 7) is 5.59. The van der Waals surface area contributed by atoms with Crippen molar-refractivity contribution in [1.82, 2.24) is 10.6 Å². The van der Waals surface area contributed by atoms with Gasteiger partial charge in [-0.2, -0.15) is 0 Å². The molecule has 1 saturated heterocycles. The molecule has 0 amide bonds. The van der Waals surface area contributed by atoms with Crippen LogP contribution in [0.15, 0.2) is 22.5 Å². The number of nitrogens with zero attached hydrogens (tertiary/aromatic N) is 2. The molecule has 0 spiro atoms. The quantitative estimate of drug-likeness (QED) is 0.384. The minimum absolute atomic E-state index is 0. The van der Waals surface area contributed by atoms with Crippen LogP contribution in [0, 0.1) is 0 Å². The van der Waals surface area contributed by atoms with E-state index in [1.165, 1.54) is 5.00 Å². The predicted molar refractivity (Wildman–Crippen MR) is 101 cm³/mol. The van der Waals surface area contributed by atoms with E-state index in [2.05, 4.69) is 45.0 Å². The Morgan fingerprint density at radius 3 is 2.81 bits per heavy atom. The minimum atomic E-state index is 0. The second-order valence-electron chi connectivity index (χ2n) is 4.84. The Hall–Kier alpha value is -0.540. The van der Waals surface area contributed by atoms with Crippen LogP contribution in [0.4, 0.5) is 5.00 Å². The van der Waals surface area contributed by atoms with E-state index in [1.54, 1.807) is 11.3 Å². The molecule has 0 unspecified atom stereocenters. The molecule has 1 aromatic rings. The Labute approximate surface area is 147 Å². The Morgan fingerprint density at radius 1 is 1.48 bits per heavy atom. The molecule has 3 N–H and O–H groups in total. The molecule has 0 bridgehead atoms. The zero-order valence-corrected chi connectivity index (χ0v) is 15.6. The third-order valence-corrected chi connectivity index (χ3v) is 4.30. The summed E-state index contributed by atoms with van der Waals surface area (Å²) in [7, 11) is 0. The number of nitrogens with one attached hydrogen (secondary N) is 2. The molecule has 0 aliphatic carbocycles. The van der Waals surface area contributed by atoms with Gasteiger partial charge in [0.1, 0.15) is 0 Å². The average Bonchev–Trinajstić information content (AvgIpc) is 3.00. The lowest BCUT2D eigenvalue weighted by molar-refractivity contribution is 0.306. The van der Waals surface area contributed by atoms with Crippen molar-refractivity contribution in [3.05, 3.63) is 17.5 Å². The van der Waals surface area contributed by atoms with Crippen molar-refractivity contribution in [2.24, 2.45) is 4.99 Å². The van der Waals surface area contributed by atoms with Gasteiger partial charge in [0.25, 0.3) is 0 Å². The van der Waals surface area contributed by atoms with Gasteiger partial charge in [-0.3, -0.25) is 4.99 Å². The SMILES string of the molecule is CCNC(=NCCO)NC1CCN(c2cccs2)CC1.I. The number of piperidine rings is 1. The molecule has 7 heteroatoms. The van der Waals surface area contributed by atoms with Crippen LogP contribution < -0.4 is 15.5 Å². The van der Waals surface area contributed by atoms with Crippen molar-refractivity contribution in [2.75, 3.05) is 37.7 Å². The lowest BCUT2D eigenvalue weighted by atomic mass is 10.1. The first-order chi connectivity index (χ1) is 9.83. The van der Waals surface area contributed by atoms with E-state index in [1.807, 2.05) is 0 Å². The van der Waals surface area contributed by atoms with Gasteiger partial charge in [-0.15, -0.1) is 35.3 Å². The van der Waals surface area contributed by atoms with Crippen LogP contribution >= 0.6 is 35.3 Å². The van der Waals surface area contributed by atoms with Crippen molar-refractivity contribution in [2.45, 2.75) is 25.8 Å². The first-order valence-corrected chi connectivity index (χ1v) is 8.15. The van der Waals surface area contributed by atoms with E-state index in [9.17, 15) is 0 Å². The fourth-order valence-electron chi connectivity index (χ4n) is 2.37. The molecule has 120 valence electrons. The van der Waals surface area contributed by atoms with Crippen LogP contribution in [-0.4, -0.2) is 49.9 Å². The molecule has 21 heavy (non-hydrogen) atoms. The summed E-state index contributed by atoms with van der Waals surface area (Å²) in [6, 6.07) is 4.75. The molecule has 1 aliphatic rings. The minimum Gasteiger partial charge on any atom is -0.394 e. The highest BCUT2D eigenvalue weighted by Gasteiger charge is 2.20. The molecular formula is C14H25IN4OS. The fourth-order valence-corrected chi connectivity index (χ4v) is 3.15. The van der Waals surface area contributed by atoms with E-state index in [0.29, 0.717) is 12.6 Å². The number of hydrogen-bond acceptors (Lipinski definition) is 4. The predicted octanol–water partition coefficient (Wildman–Crippen LogP) is 1.88. The van der Waals surface area contributed by atoms with Gasteiger partial charge in [-0.05, 0) is 37.3 Å². The Bertz CT molecular complexity index is 405. The lowest BCUT2D eigenvalue weighted by Crippen LogP contribution is -2.48. The smallest absolute Gasteiger partial charge is 0.191 e. The van der Waals surface area contributed by atoms with Crippen LogP contribution in [0.5, 0.6) is 0 Å². The van der Waals surface area contributed by atoms with Crippen molar-refractivity contribution >= 4 is 46.3 Å². The molecule has 0 aromatic carbocycles. The van der Waals surface area contributed by atoms with E-state index < -0.39 is 0 Å². The first kappa shape index (κ1) is 18.5. The summed E-state index contributed by atoms with van der Waals surface area (Å²) in [6.07, 6.45) is 2.23. The van der Waals surface area contributed by atoms with Gasteiger partial charge in [0.15, 0.2) is 5.96 Å².